The van der Waals surface area contributed by atoms with Gasteiger partial charge in [-0.1, -0.05) is 152 Å². The maximum atomic E-state index is 8.27. The van der Waals surface area contributed by atoms with Crippen molar-refractivity contribution in [2.24, 2.45) is 35.2 Å². The van der Waals surface area contributed by atoms with Gasteiger partial charge in [0, 0.05) is 176 Å². The van der Waals surface area contributed by atoms with E-state index in [1.54, 1.807) is 135 Å². The Hall–Kier alpha value is -16.0. The van der Waals surface area contributed by atoms with Crippen LogP contribution in [0.25, 0.3) is 220 Å². The van der Waals surface area contributed by atoms with Gasteiger partial charge in [0.1, 0.15) is 35.2 Å². The molecule has 672 valence electrons. The molecule has 0 amide bonds. The lowest BCUT2D eigenvalue weighted by molar-refractivity contribution is -0.660. The molecular formula is C122H109N10O5+5. The van der Waals surface area contributed by atoms with Gasteiger partial charge in [-0.15, -0.1) is 0 Å². The van der Waals surface area contributed by atoms with Crippen molar-refractivity contribution < 1.29 is 77.8 Å². The molecule has 0 N–H and O–H groups in total. The average molecular weight is 1820 g/mol. The van der Waals surface area contributed by atoms with Crippen LogP contribution in [-0.4, -0.2) is 24.9 Å². The van der Waals surface area contributed by atoms with Crippen LogP contribution in [0.3, 0.4) is 0 Å². The van der Waals surface area contributed by atoms with Gasteiger partial charge in [-0.25, -0.2) is 47.8 Å². The van der Waals surface area contributed by atoms with E-state index in [4.69, 9.17) is 55.0 Å². The quantitative estimate of drug-likeness (QED) is 0.152. The molecule has 15 heterocycles. The molecule has 0 aliphatic rings. The fourth-order valence-electron chi connectivity index (χ4n) is 19.9. The van der Waals surface area contributed by atoms with Gasteiger partial charge in [0.2, 0.25) is 57.0 Å². The third kappa shape index (κ3) is 14.8. The highest BCUT2D eigenvalue weighted by molar-refractivity contribution is 6.26. The first kappa shape index (κ1) is 64.0. The van der Waals surface area contributed by atoms with Crippen molar-refractivity contribution >= 4 is 164 Å². The van der Waals surface area contributed by atoms with Crippen molar-refractivity contribution in [3.8, 4) is 56.3 Å². The average Bonchev–Trinajstić information content (AvgIpc) is 1.60. The normalized spacial score (nSPS) is 15.1. The second kappa shape index (κ2) is 34.2. The third-order valence-electron chi connectivity index (χ3n) is 26.5. The first-order chi connectivity index (χ1) is 75.7. The zero-order valence-electron chi connectivity index (χ0n) is 102. The fourth-order valence-corrected chi connectivity index (χ4v) is 19.9. The minimum Gasteiger partial charge on any atom is -0.437 e. The van der Waals surface area contributed by atoms with Crippen LogP contribution in [0, 0.1) is 117 Å². The lowest BCUT2D eigenvalue weighted by atomic mass is 9.95. The van der Waals surface area contributed by atoms with Crippen molar-refractivity contribution in [2.45, 2.75) is 117 Å². The van der Waals surface area contributed by atoms with Gasteiger partial charge in [-0.2, -0.15) is 0 Å². The summed E-state index contributed by atoms with van der Waals surface area (Å²) >= 11 is 0. The number of aromatic nitrogens is 10. The molecule has 0 unspecified atom stereocenters. The summed E-state index contributed by atoms with van der Waals surface area (Å²) in [6.45, 7) is -1.47. The highest BCUT2D eigenvalue weighted by Gasteiger charge is 2.32. The largest absolute Gasteiger partial charge is 0.437 e. The molecule has 25 rings (SSSR count). The number of rotatable bonds is 5. The molecule has 10 aromatic carbocycles. The van der Waals surface area contributed by atoms with Gasteiger partial charge in [-0.05, 0) is 229 Å². The minimum absolute atomic E-state index is 0.206. The van der Waals surface area contributed by atoms with Gasteiger partial charge >= 0.3 is 0 Å². The van der Waals surface area contributed by atoms with Crippen molar-refractivity contribution in [3.05, 3.63) is 357 Å². The van der Waals surface area contributed by atoms with Crippen LogP contribution >= 0.6 is 0 Å². The molecule has 137 heavy (non-hydrogen) atoms. The lowest BCUT2D eigenvalue weighted by Crippen LogP contribution is -2.31. The van der Waals surface area contributed by atoms with Crippen molar-refractivity contribution in [2.75, 3.05) is 0 Å². The van der Waals surface area contributed by atoms with Crippen LogP contribution in [0.5, 0.6) is 0 Å². The molecular weight excluding hydrogens is 1690 g/mol. The van der Waals surface area contributed by atoms with Crippen LogP contribution in [0.2, 0.25) is 0 Å². The van der Waals surface area contributed by atoms with Gasteiger partial charge in [0.05, 0.1) is 54.7 Å². The Bertz CT molecular complexity index is 10400. The number of pyridine rings is 10. The smallest absolute Gasteiger partial charge is 0.228 e. The van der Waals surface area contributed by atoms with Gasteiger partial charge in [0.25, 0.3) is 0 Å². The Morgan fingerprint density at radius 3 is 0.891 bits per heavy atom. The molecule has 0 aliphatic heterocycles. The van der Waals surface area contributed by atoms with E-state index < -0.39 is 54.8 Å². The van der Waals surface area contributed by atoms with Crippen LogP contribution in [0.15, 0.2) is 284 Å². The Balaban J connectivity index is 0.000000116. The topological polar surface area (TPSA) is 150 Å². The Labute approximate surface area is 828 Å². The molecule has 0 atom stereocenters. The maximum absolute atomic E-state index is 8.27. The second-order valence-corrected chi connectivity index (χ2v) is 35.7. The lowest BCUT2D eigenvalue weighted by Gasteiger charge is -2.09. The summed E-state index contributed by atoms with van der Waals surface area (Å²) in [6, 6.07) is 64.5. The molecule has 0 radical (unpaired) electrons. The van der Waals surface area contributed by atoms with Crippen LogP contribution in [-0.2, 0) is 35.2 Å². The van der Waals surface area contributed by atoms with E-state index in [-0.39, 0.29) is 33.4 Å². The molecule has 0 fully saturated rings. The third-order valence-corrected chi connectivity index (χ3v) is 26.5. The number of fused-ring (bicyclic) bond motifs is 25. The zero-order valence-corrected chi connectivity index (χ0v) is 77.8. The molecule has 0 saturated carbocycles. The first-order valence-corrected chi connectivity index (χ1v) is 44.9. The monoisotopic (exact) mass is 1820 g/mol. The molecule has 0 aliphatic carbocycles. The zero-order chi connectivity index (χ0) is 115. The molecule has 0 bridgehead atoms. The number of hydrogen-bond acceptors (Lipinski definition) is 10. The summed E-state index contributed by atoms with van der Waals surface area (Å²) in [4.78, 5) is 22.7. The van der Waals surface area contributed by atoms with Gasteiger partial charge in [0.15, 0.2) is 58.9 Å². The highest BCUT2D eigenvalue weighted by Crippen LogP contribution is 2.49. The summed E-state index contributed by atoms with van der Waals surface area (Å²) in [5.74, 6) is 0. The van der Waals surface area contributed by atoms with Crippen molar-refractivity contribution in [1.82, 2.24) is 24.9 Å². The van der Waals surface area contributed by atoms with E-state index in [0.717, 1.165) is 138 Å². The molecule has 15 nitrogen and oxygen atoms in total. The van der Waals surface area contributed by atoms with Crippen LogP contribution < -0.4 is 22.8 Å². The molecule has 25 aromatic rings. The predicted octanol–water partition coefficient (Wildman–Crippen LogP) is 28.4. The summed E-state index contributed by atoms with van der Waals surface area (Å²) < 4.78 is 234. The van der Waals surface area contributed by atoms with Gasteiger partial charge in [-0.3, -0.25) is 0 Å². The minimum atomic E-state index is -2.37. The van der Waals surface area contributed by atoms with Crippen LogP contribution in [0.4, 0.5) is 0 Å². The number of benzene rings is 10. The number of aryl methyl sites for hydroxylation is 22. The highest BCUT2D eigenvalue weighted by atomic mass is 16.4. The standard InChI is InChI=1S/C26H25N2O.C25H23N2O.2C24H21N2O.C23H19N2O/c1-14-12-21(28(6)13-17(14)4)22-15(2)11-16(3)23-24-20-10-8-7-9-19(20)18(5)27-26(24)29-25(22)23;1-14-11-20(27(5)13-17(14)4)21-15(2)10-16(3)22-23-19-9-7-6-8-18(19)12-26-25(23)28-24(21)22;1-14-9-10-19(26(4)13-14)20-15(2)11-16(3)21-22-18-8-6-5-7-17(18)12-25-24(22)27-23(20)21;1-14-9-10-26(4)19(11-14)20-15(2)12-16(3)21-22-18-8-6-5-7-17(18)13-25-24(22)27-23(20)21;1-14-12-15(2)20-21-17-9-5-4-8-16(17)13-24-23(21)26-22(20)19(14)18-10-6-7-11-25(18)3/h7-13H,1-6H3;6-13H,1-5H3;2*5-13H,1-4H3;4-13H,1-3H3/q5*+1/i2*3D3,4D3;1D3,3D3;3D3;2D3. The van der Waals surface area contributed by atoms with E-state index in [2.05, 4.69) is 31.0 Å². The SMILES string of the molecule is [2H]C([2H])([2H])c1c[n+](C)c(-c2c(C)cc(C([2H])([2H])[2H])c3c2oc2nc(C)c4ccccc4c23)cc1C.[2H]C([2H])([2H])c1c[n+](C)c(-c2c(C)cc(C([2H])([2H])[2H])c3c2oc2ncc4ccccc4c23)cc1C.[2H]C([2H])([2H])c1cc(C)c(-c2cc(C)cc[n+]2C)c2oc3ncc4ccccc4c3c12.[2H]C([2H])([2H])c1cc(C)c(-c2cccc[n+]2C)c2oc3ncc4ccccc4c3c12.[2H]C([2H])([2H])c1ccc(-c2c(C)cc(C([2H])([2H])[2H])c3c2oc2ncc4ccccc4c23)[n+](C)c1. The number of furan rings is 5. The first-order valence-electron chi connectivity index (χ1n) is 56.9. The summed E-state index contributed by atoms with van der Waals surface area (Å²) in [5.41, 5.74) is 21.5. The predicted molar refractivity (Wildman–Crippen MR) is 559 cm³/mol. The number of hydrogen-bond donors (Lipinski definition) is 0. The maximum Gasteiger partial charge on any atom is 0.228 e. The Morgan fingerprint density at radius 2 is 0.533 bits per heavy atom. The summed E-state index contributed by atoms with van der Waals surface area (Å²) in [6.07, 6.45) is 15.7. The van der Waals surface area contributed by atoms with Crippen molar-refractivity contribution in [3.63, 3.8) is 0 Å². The van der Waals surface area contributed by atoms with Crippen molar-refractivity contribution in [1.29, 1.82) is 0 Å². The fraction of sp³-hybridized carbons (Fsp3) is 0.180. The van der Waals surface area contributed by atoms with E-state index in [0.29, 0.717) is 144 Å². The molecule has 0 spiro atoms. The molecule has 15 heteroatoms. The summed E-state index contributed by atoms with van der Waals surface area (Å²) in [7, 11) is 9.28. The van der Waals surface area contributed by atoms with E-state index in [1.165, 1.54) is 0 Å². The second-order valence-electron chi connectivity index (χ2n) is 35.7. The molecule has 15 aromatic heterocycles. The summed E-state index contributed by atoms with van der Waals surface area (Å²) in [5, 5.41) is 15.4. The van der Waals surface area contributed by atoms with Gasteiger partial charge < -0.3 is 22.1 Å². The van der Waals surface area contributed by atoms with E-state index in [1.807, 2.05) is 242 Å². The number of nitrogens with zero attached hydrogens (tertiary/aromatic N) is 10. The van der Waals surface area contributed by atoms with E-state index in [9.17, 15) is 0 Å². The van der Waals surface area contributed by atoms with Crippen LogP contribution in [0.1, 0.15) is 128 Å². The van der Waals surface area contributed by atoms with E-state index >= 15 is 0 Å². The Kier molecular flexibility index (Phi) is 16.0. The Morgan fingerprint density at radius 1 is 0.226 bits per heavy atom. The molecule has 0 saturated heterocycles.